The Balaban J connectivity index is 2.76. The lowest BCUT2D eigenvalue weighted by Crippen LogP contribution is -2.17. The van der Waals surface area contributed by atoms with Gasteiger partial charge in [0, 0.05) is 18.3 Å². The van der Waals surface area contributed by atoms with E-state index in [2.05, 4.69) is 12.0 Å². The predicted octanol–water partition coefficient (Wildman–Crippen LogP) is 2.37. The van der Waals surface area contributed by atoms with E-state index in [1.54, 1.807) is 6.20 Å². The van der Waals surface area contributed by atoms with Gasteiger partial charge in [0.2, 0.25) is 0 Å². The average Bonchev–Trinajstić information content (AvgIpc) is 2.50. The highest BCUT2D eigenvalue weighted by atomic mass is 16.3. The molecule has 80 valence electrons. The Kier molecular flexibility index (Phi) is 3.32. The van der Waals surface area contributed by atoms with Crippen LogP contribution in [0.25, 0.3) is 0 Å². The summed E-state index contributed by atoms with van der Waals surface area (Å²) >= 11 is 0. The number of hydrogen-bond donors (Lipinski definition) is 1. The number of hydrogen-bond acceptors (Lipinski definition) is 2. The zero-order valence-electron chi connectivity index (χ0n) is 9.49. The molecule has 1 aromatic heterocycles. The van der Waals surface area contributed by atoms with E-state index in [1.807, 2.05) is 31.6 Å². The lowest BCUT2D eigenvalue weighted by molar-refractivity contribution is 0.0626. The monoisotopic (exact) mass is 196 g/mol. The van der Waals surface area contributed by atoms with Crippen LogP contribution in [0, 0.1) is 5.41 Å². The molecule has 0 spiro atoms. The van der Waals surface area contributed by atoms with Gasteiger partial charge >= 0.3 is 0 Å². The third kappa shape index (κ3) is 2.58. The normalized spacial score (nSPS) is 14.4. The molecule has 1 heterocycles. The Labute approximate surface area is 85.8 Å². The van der Waals surface area contributed by atoms with E-state index in [4.69, 9.17) is 0 Å². The van der Waals surface area contributed by atoms with Crippen molar-refractivity contribution < 1.29 is 5.11 Å². The highest BCUT2D eigenvalue weighted by Crippen LogP contribution is 2.31. The first kappa shape index (κ1) is 11.2. The Morgan fingerprint density at radius 3 is 2.64 bits per heavy atom. The Morgan fingerprint density at radius 2 is 2.14 bits per heavy atom. The summed E-state index contributed by atoms with van der Waals surface area (Å²) in [5.41, 5.74) is 0.783. The topological polar surface area (TPSA) is 38.0 Å². The molecule has 1 unspecified atom stereocenters. The fraction of sp³-hybridized carbons (Fsp3) is 0.727. The number of aliphatic hydroxyl groups excluding tert-OH is 1. The molecule has 0 aromatic carbocycles. The van der Waals surface area contributed by atoms with E-state index in [0.717, 1.165) is 18.5 Å². The summed E-state index contributed by atoms with van der Waals surface area (Å²) in [5, 5.41) is 14.2. The predicted molar refractivity (Wildman–Crippen MR) is 56.9 cm³/mol. The molecule has 0 aliphatic rings. The quantitative estimate of drug-likeness (QED) is 0.806. The summed E-state index contributed by atoms with van der Waals surface area (Å²) in [6.45, 7) is 9.09. The van der Waals surface area contributed by atoms with Crippen molar-refractivity contribution in [2.45, 2.75) is 46.8 Å². The molecular formula is C11H20N2O. The van der Waals surface area contributed by atoms with Crippen LogP contribution >= 0.6 is 0 Å². The molecule has 0 saturated carbocycles. The lowest BCUT2D eigenvalue weighted by Gasteiger charge is -2.24. The van der Waals surface area contributed by atoms with Crippen LogP contribution in [0.5, 0.6) is 0 Å². The molecule has 3 nitrogen and oxygen atoms in total. The van der Waals surface area contributed by atoms with E-state index < -0.39 is 6.10 Å². The van der Waals surface area contributed by atoms with Crippen molar-refractivity contribution >= 4 is 0 Å². The van der Waals surface area contributed by atoms with Gasteiger partial charge in [0.25, 0.3) is 0 Å². The molecule has 1 N–H and O–H groups in total. The van der Waals surface area contributed by atoms with Gasteiger partial charge in [-0.25, -0.2) is 0 Å². The van der Waals surface area contributed by atoms with E-state index in [0.29, 0.717) is 0 Å². The van der Waals surface area contributed by atoms with Gasteiger partial charge in [-0.2, -0.15) is 5.10 Å². The van der Waals surface area contributed by atoms with Crippen molar-refractivity contribution in [2.24, 2.45) is 5.41 Å². The molecule has 0 aliphatic carbocycles. The van der Waals surface area contributed by atoms with Crippen molar-refractivity contribution in [1.82, 2.24) is 9.78 Å². The molecular weight excluding hydrogens is 176 g/mol. The fourth-order valence-electron chi connectivity index (χ4n) is 1.37. The van der Waals surface area contributed by atoms with Gasteiger partial charge in [-0.05, 0) is 11.8 Å². The van der Waals surface area contributed by atoms with Crippen LogP contribution in [0.1, 0.15) is 45.8 Å². The maximum absolute atomic E-state index is 9.99. The number of aliphatic hydroxyl groups is 1. The summed E-state index contributed by atoms with van der Waals surface area (Å²) in [5.74, 6) is 0. The molecule has 1 rings (SSSR count). The Morgan fingerprint density at radius 1 is 1.50 bits per heavy atom. The lowest BCUT2D eigenvalue weighted by atomic mass is 9.86. The van der Waals surface area contributed by atoms with E-state index in [-0.39, 0.29) is 5.41 Å². The first-order valence-electron chi connectivity index (χ1n) is 5.15. The van der Waals surface area contributed by atoms with Crippen LogP contribution in [0.4, 0.5) is 0 Å². The third-order valence-corrected chi connectivity index (χ3v) is 2.24. The summed E-state index contributed by atoms with van der Waals surface area (Å²) in [7, 11) is 0. The zero-order valence-corrected chi connectivity index (χ0v) is 9.49. The van der Waals surface area contributed by atoms with Gasteiger partial charge < -0.3 is 5.11 Å². The van der Waals surface area contributed by atoms with Crippen molar-refractivity contribution in [3.63, 3.8) is 0 Å². The van der Waals surface area contributed by atoms with Gasteiger partial charge in [0.15, 0.2) is 0 Å². The van der Waals surface area contributed by atoms with Crippen molar-refractivity contribution in [3.8, 4) is 0 Å². The molecule has 14 heavy (non-hydrogen) atoms. The number of rotatable bonds is 3. The number of nitrogens with zero attached hydrogens (tertiary/aromatic N) is 2. The smallest absolute Gasteiger partial charge is 0.0868 e. The molecule has 0 fully saturated rings. The van der Waals surface area contributed by atoms with E-state index in [9.17, 15) is 5.11 Å². The maximum atomic E-state index is 9.99. The maximum Gasteiger partial charge on any atom is 0.0868 e. The molecule has 0 bridgehead atoms. The van der Waals surface area contributed by atoms with Crippen LogP contribution in [0.3, 0.4) is 0 Å². The Bertz CT molecular complexity index is 286. The van der Waals surface area contributed by atoms with E-state index >= 15 is 0 Å². The molecule has 3 heteroatoms. The number of aryl methyl sites for hydroxylation is 1. The molecule has 1 aromatic rings. The molecule has 1 atom stereocenters. The summed E-state index contributed by atoms with van der Waals surface area (Å²) in [4.78, 5) is 0. The summed E-state index contributed by atoms with van der Waals surface area (Å²) in [6, 6.07) is 0. The SMILES string of the molecule is CCCn1cc(C(O)C(C)(C)C)cn1. The van der Waals surface area contributed by atoms with Crippen LogP contribution < -0.4 is 0 Å². The summed E-state index contributed by atoms with van der Waals surface area (Å²) < 4.78 is 1.88. The Hall–Kier alpha value is -0.830. The second-order valence-corrected chi connectivity index (χ2v) is 4.81. The van der Waals surface area contributed by atoms with Crippen LogP contribution in [-0.2, 0) is 6.54 Å². The first-order chi connectivity index (χ1) is 6.45. The van der Waals surface area contributed by atoms with Crippen molar-refractivity contribution in [2.75, 3.05) is 0 Å². The fourth-order valence-corrected chi connectivity index (χ4v) is 1.37. The van der Waals surface area contributed by atoms with Crippen molar-refractivity contribution in [3.05, 3.63) is 18.0 Å². The van der Waals surface area contributed by atoms with Gasteiger partial charge in [0.05, 0.1) is 12.3 Å². The van der Waals surface area contributed by atoms with E-state index in [1.165, 1.54) is 0 Å². The minimum atomic E-state index is -0.437. The van der Waals surface area contributed by atoms with Crippen molar-refractivity contribution in [1.29, 1.82) is 0 Å². The van der Waals surface area contributed by atoms with Gasteiger partial charge in [-0.1, -0.05) is 27.7 Å². The van der Waals surface area contributed by atoms with Gasteiger partial charge in [0.1, 0.15) is 0 Å². The third-order valence-electron chi connectivity index (χ3n) is 2.24. The van der Waals surface area contributed by atoms with Gasteiger partial charge in [-0.15, -0.1) is 0 Å². The molecule has 0 saturated heterocycles. The van der Waals surface area contributed by atoms with Gasteiger partial charge in [-0.3, -0.25) is 4.68 Å². The second kappa shape index (κ2) is 4.13. The minimum Gasteiger partial charge on any atom is -0.388 e. The zero-order chi connectivity index (χ0) is 10.8. The van der Waals surface area contributed by atoms with Crippen LogP contribution in [0.2, 0.25) is 0 Å². The molecule has 0 radical (unpaired) electrons. The largest absolute Gasteiger partial charge is 0.388 e. The van der Waals surface area contributed by atoms with Crippen LogP contribution in [0.15, 0.2) is 12.4 Å². The highest BCUT2D eigenvalue weighted by Gasteiger charge is 2.24. The first-order valence-corrected chi connectivity index (χ1v) is 5.15. The standard InChI is InChI=1S/C11H20N2O/c1-5-6-13-8-9(7-12-13)10(14)11(2,3)4/h7-8,10,14H,5-6H2,1-4H3. The second-order valence-electron chi connectivity index (χ2n) is 4.81. The van der Waals surface area contributed by atoms with Crippen LogP contribution in [-0.4, -0.2) is 14.9 Å². The summed E-state index contributed by atoms with van der Waals surface area (Å²) in [6.07, 6.45) is 4.31. The minimum absolute atomic E-state index is 0.125. The average molecular weight is 196 g/mol. The molecule has 0 aliphatic heterocycles. The highest BCUT2D eigenvalue weighted by molar-refractivity contribution is 5.10. The number of aromatic nitrogens is 2. The molecule has 0 amide bonds.